The Balaban J connectivity index is 1.91. The quantitative estimate of drug-likeness (QED) is 0.529. The fourth-order valence-corrected chi connectivity index (χ4v) is 4.61. The molecule has 0 bridgehead atoms. The molecule has 2 aromatic heterocycles. The van der Waals surface area contributed by atoms with E-state index in [9.17, 15) is 0 Å². The molecule has 1 N–H and O–H groups in total. The van der Waals surface area contributed by atoms with Gasteiger partial charge in [0.05, 0.1) is 23.4 Å². The number of methoxy groups -OCH3 is 1. The van der Waals surface area contributed by atoms with Crippen LogP contribution in [0.4, 0.5) is 5.82 Å². The lowest BCUT2D eigenvalue weighted by Gasteiger charge is -2.20. The SMILES string of the molecule is CCCC(CC)Nc1c2c(nc3c(-c4ccc(OC)cc4Cl)c(C)nn13)CCC2. The molecule has 29 heavy (non-hydrogen) atoms. The summed E-state index contributed by atoms with van der Waals surface area (Å²) in [6, 6.07) is 6.22. The van der Waals surface area contributed by atoms with Crippen LogP contribution in [-0.2, 0) is 12.8 Å². The van der Waals surface area contributed by atoms with Crippen LogP contribution >= 0.6 is 11.6 Å². The van der Waals surface area contributed by atoms with Gasteiger partial charge in [-0.05, 0) is 57.2 Å². The van der Waals surface area contributed by atoms with Crippen molar-refractivity contribution in [2.75, 3.05) is 12.4 Å². The van der Waals surface area contributed by atoms with Gasteiger partial charge in [0.1, 0.15) is 11.6 Å². The van der Waals surface area contributed by atoms with Gasteiger partial charge in [0.15, 0.2) is 5.65 Å². The molecule has 4 rings (SSSR count). The van der Waals surface area contributed by atoms with E-state index in [1.807, 2.05) is 29.6 Å². The molecule has 3 aromatic rings. The van der Waals surface area contributed by atoms with Crippen molar-refractivity contribution in [1.29, 1.82) is 0 Å². The minimum atomic E-state index is 0.438. The lowest BCUT2D eigenvalue weighted by Crippen LogP contribution is -2.22. The maximum absolute atomic E-state index is 6.62. The zero-order valence-corrected chi connectivity index (χ0v) is 18.4. The van der Waals surface area contributed by atoms with Crippen molar-refractivity contribution in [3.05, 3.63) is 40.2 Å². The van der Waals surface area contributed by atoms with Crippen LogP contribution in [-0.4, -0.2) is 27.7 Å². The summed E-state index contributed by atoms with van der Waals surface area (Å²) in [7, 11) is 1.65. The van der Waals surface area contributed by atoms with Gasteiger partial charge in [-0.2, -0.15) is 9.61 Å². The van der Waals surface area contributed by atoms with Gasteiger partial charge in [-0.15, -0.1) is 0 Å². The number of nitrogens with zero attached hydrogens (tertiary/aromatic N) is 3. The van der Waals surface area contributed by atoms with E-state index >= 15 is 0 Å². The Morgan fingerprint density at radius 1 is 1.28 bits per heavy atom. The Hall–Kier alpha value is -2.27. The minimum absolute atomic E-state index is 0.438. The predicted molar refractivity (Wildman–Crippen MR) is 119 cm³/mol. The number of hydrogen-bond acceptors (Lipinski definition) is 4. The number of anilines is 1. The molecule has 0 radical (unpaired) electrons. The highest BCUT2D eigenvalue weighted by molar-refractivity contribution is 6.33. The average Bonchev–Trinajstić information content (AvgIpc) is 3.31. The Morgan fingerprint density at radius 3 is 2.79 bits per heavy atom. The number of aryl methyl sites for hydroxylation is 2. The highest BCUT2D eigenvalue weighted by Crippen LogP contribution is 2.38. The first-order valence-electron chi connectivity index (χ1n) is 10.6. The smallest absolute Gasteiger partial charge is 0.165 e. The zero-order valence-electron chi connectivity index (χ0n) is 17.7. The van der Waals surface area contributed by atoms with E-state index in [2.05, 4.69) is 19.2 Å². The van der Waals surface area contributed by atoms with Crippen molar-refractivity contribution in [2.24, 2.45) is 0 Å². The monoisotopic (exact) mass is 412 g/mol. The number of rotatable bonds is 7. The summed E-state index contributed by atoms with van der Waals surface area (Å²) >= 11 is 6.62. The predicted octanol–water partition coefficient (Wildman–Crippen LogP) is 5.85. The van der Waals surface area contributed by atoms with E-state index in [0.717, 1.165) is 72.6 Å². The van der Waals surface area contributed by atoms with Crippen molar-refractivity contribution < 1.29 is 4.74 Å². The summed E-state index contributed by atoms with van der Waals surface area (Å²) in [4.78, 5) is 5.05. The second-order valence-corrected chi connectivity index (χ2v) is 8.23. The molecule has 0 amide bonds. The highest BCUT2D eigenvalue weighted by atomic mass is 35.5. The van der Waals surface area contributed by atoms with Crippen LogP contribution in [0, 0.1) is 6.92 Å². The number of aromatic nitrogens is 3. The molecule has 0 aliphatic heterocycles. The topological polar surface area (TPSA) is 51.5 Å². The second-order valence-electron chi connectivity index (χ2n) is 7.82. The molecule has 2 heterocycles. The van der Waals surface area contributed by atoms with Crippen molar-refractivity contribution >= 4 is 23.1 Å². The van der Waals surface area contributed by atoms with Crippen LogP contribution in [0.1, 0.15) is 56.5 Å². The zero-order chi connectivity index (χ0) is 20.5. The fourth-order valence-electron chi connectivity index (χ4n) is 4.35. The average molecular weight is 413 g/mol. The first-order valence-corrected chi connectivity index (χ1v) is 11.0. The van der Waals surface area contributed by atoms with Crippen LogP contribution in [0.25, 0.3) is 16.8 Å². The number of ether oxygens (including phenoxy) is 1. The van der Waals surface area contributed by atoms with Gasteiger partial charge >= 0.3 is 0 Å². The van der Waals surface area contributed by atoms with E-state index in [1.165, 1.54) is 11.3 Å². The molecule has 5 nitrogen and oxygen atoms in total. The van der Waals surface area contributed by atoms with Gasteiger partial charge in [0.2, 0.25) is 0 Å². The second kappa shape index (κ2) is 8.23. The third-order valence-electron chi connectivity index (χ3n) is 5.88. The molecular weight excluding hydrogens is 384 g/mol. The van der Waals surface area contributed by atoms with Crippen molar-refractivity contribution in [2.45, 2.75) is 65.3 Å². The summed E-state index contributed by atoms with van der Waals surface area (Å²) in [6.45, 7) is 6.50. The van der Waals surface area contributed by atoms with Gasteiger partial charge in [-0.1, -0.05) is 31.9 Å². The van der Waals surface area contributed by atoms with Gasteiger partial charge < -0.3 is 10.1 Å². The lowest BCUT2D eigenvalue weighted by atomic mass is 10.1. The van der Waals surface area contributed by atoms with Crippen LogP contribution in [0.5, 0.6) is 5.75 Å². The molecule has 1 unspecified atom stereocenters. The number of halogens is 1. The molecule has 1 aliphatic rings. The summed E-state index contributed by atoms with van der Waals surface area (Å²) in [5.74, 6) is 1.86. The summed E-state index contributed by atoms with van der Waals surface area (Å²) in [6.07, 6.45) is 6.61. The van der Waals surface area contributed by atoms with Crippen molar-refractivity contribution in [3.63, 3.8) is 0 Å². The van der Waals surface area contributed by atoms with Crippen LogP contribution < -0.4 is 10.1 Å². The molecule has 0 saturated heterocycles. The summed E-state index contributed by atoms with van der Waals surface area (Å²) in [5.41, 5.74) is 6.26. The van der Waals surface area contributed by atoms with Gasteiger partial charge in [-0.3, -0.25) is 0 Å². The summed E-state index contributed by atoms with van der Waals surface area (Å²) < 4.78 is 7.32. The molecule has 6 heteroatoms. The molecule has 0 fully saturated rings. The van der Waals surface area contributed by atoms with Crippen molar-refractivity contribution in [3.8, 4) is 16.9 Å². The number of nitrogens with one attached hydrogen (secondary N) is 1. The third-order valence-corrected chi connectivity index (χ3v) is 6.19. The third kappa shape index (κ3) is 3.57. The van der Waals surface area contributed by atoms with E-state index < -0.39 is 0 Å². The number of hydrogen-bond donors (Lipinski definition) is 1. The van der Waals surface area contributed by atoms with Crippen molar-refractivity contribution in [1.82, 2.24) is 14.6 Å². The molecule has 0 saturated carbocycles. The van der Waals surface area contributed by atoms with E-state index in [-0.39, 0.29) is 0 Å². The minimum Gasteiger partial charge on any atom is -0.497 e. The lowest BCUT2D eigenvalue weighted by molar-refractivity contribution is 0.415. The van der Waals surface area contributed by atoms with Gasteiger partial charge in [0.25, 0.3) is 0 Å². The maximum Gasteiger partial charge on any atom is 0.165 e. The molecule has 1 atom stereocenters. The van der Waals surface area contributed by atoms with E-state index in [0.29, 0.717) is 11.1 Å². The molecule has 1 aliphatic carbocycles. The number of fused-ring (bicyclic) bond motifs is 2. The molecular formula is C23H29ClN4O. The molecule has 154 valence electrons. The molecule has 0 spiro atoms. The first kappa shape index (κ1) is 20.0. The van der Waals surface area contributed by atoms with Gasteiger partial charge in [-0.25, -0.2) is 4.98 Å². The van der Waals surface area contributed by atoms with E-state index in [1.54, 1.807) is 7.11 Å². The van der Waals surface area contributed by atoms with E-state index in [4.69, 9.17) is 26.4 Å². The van der Waals surface area contributed by atoms with Crippen LogP contribution in [0.15, 0.2) is 18.2 Å². The van der Waals surface area contributed by atoms with Crippen LogP contribution in [0.3, 0.4) is 0 Å². The maximum atomic E-state index is 6.62. The Bertz CT molecular complexity index is 1040. The standard InChI is InChI=1S/C23H29ClN4O/c1-5-8-15(6-2)25-22-18-9-7-10-20(18)26-23-21(14(3)27-28(22)23)17-12-11-16(29-4)13-19(17)24/h11-13,15,25H,5-10H2,1-4H3. The number of benzene rings is 1. The Morgan fingerprint density at radius 2 is 2.10 bits per heavy atom. The molecule has 1 aromatic carbocycles. The first-order chi connectivity index (χ1) is 14.1. The Kier molecular flexibility index (Phi) is 5.68. The normalized spacial score (nSPS) is 14.2. The fraction of sp³-hybridized carbons (Fsp3) is 0.478. The Labute approximate surface area is 177 Å². The highest BCUT2D eigenvalue weighted by Gasteiger charge is 2.25. The van der Waals surface area contributed by atoms with Crippen LogP contribution in [0.2, 0.25) is 5.02 Å². The van der Waals surface area contributed by atoms with Gasteiger partial charge in [0, 0.05) is 22.9 Å². The largest absolute Gasteiger partial charge is 0.497 e. The summed E-state index contributed by atoms with van der Waals surface area (Å²) in [5, 5.41) is 9.35.